The van der Waals surface area contributed by atoms with Crippen molar-refractivity contribution in [3.8, 4) is 0 Å². The fraction of sp³-hybridized carbons (Fsp3) is 0.818. The second kappa shape index (κ2) is 10.8. The largest absolute Gasteiger partial charge is 0.358 e. The first-order valence-corrected chi connectivity index (χ1v) is 4.88. The molecule has 0 aromatic rings. The molecule has 0 nitrogen and oxygen atoms in total. The van der Waals surface area contributed by atoms with Crippen molar-refractivity contribution in [1.82, 2.24) is 0 Å². The van der Waals surface area contributed by atoms with Gasteiger partial charge in [-0.25, -0.2) is 5.82 Å². The van der Waals surface area contributed by atoms with E-state index in [1.807, 2.05) is 0 Å². The van der Waals surface area contributed by atoms with Crippen molar-refractivity contribution < 1.29 is 39.6 Å². The van der Waals surface area contributed by atoms with E-state index < -0.39 is 0 Å². The van der Waals surface area contributed by atoms with E-state index >= 15 is 0 Å². The molecule has 1 unspecified atom stereocenters. The van der Waals surface area contributed by atoms with Crippen LogP contribution in [0.5, 0.6) is 0 Å². The molecule has 3 heteroatoms. The van der Waals surface area contributed by atoms with Gasteiger partial charge in [0.15, 0.2) is 0 Å². The van der Waals surface area contributed by atoms with E-state index in [0.717, 1.165) is 11.8 Å². The van der Waals surface area contributed by atoms with Gasteiger partial charge in [0.05, 0.1) is 0 Å². The maximum absolute atomic E-state index is 5.87. The molecule has 0 spiro atoms. The van der Waals surface area contributed by atoms with Crippen molar-refractivity contribution in [3.63, 3.8) is 0 Å². The van der Waals surface area contributed by atoms with Gasteiger partial charge < -0.3 is 13.8 Å². The summed E-state index contributed by atoms with van der Waals surface area (Å²) in [6, 6.07) is 0. The Labute approximate surface area is 118 Å². The predicted octanol–water partition coefficient (Wildman–Crippen LogP) is 3.44. The van der Waals surface area contributed by atoms with Gasteiger partial charge in [0.1, 0.15) is 0 Å². The molecule has 81 valence electrons. The van der Waals surface area contributed by atoms with Crippen molar-refractivity contribution >= 4 is 7.85 Å². The van der Waals surface area contributed by atoms with Gasteiger partial charge >= 0.3 is 0 Å². The van der Waals surface area contributed by atoms with Crippen LogP contribution in [0, 0.1) is 25.7 Å². The monoisotopic (exact) mass is 399 g/mol. The van der Waals surface area contributed by atoms with Crippen molar-refractivity contribution in [2.45, 2.75) is 45.3 Å². The summed E-state index contributed by atoms with van der Waals surface area (Å²) in [5, 5.41) is 0. The summed E-state index contributed by atoms with van der Waals surface area (Å²) < 4.78 is 0. The van der Waals surface area contributed by atoms with E-state index in [1.165, 1.54) is 25.7 Å². The zero-order valence-electron chi connectivity index (χ0n) is 9.57. The Morgan fingerprint density at radius 1 is 1.36 bits per heavy atom. The molecule has 1 aliphatic carbocycles. The van der Waals surface area contributed by atoms with Crippen LogP contribution in [-0.2, 0) is 39.6 Å². The molecule has 0 aromatic carbocycles. The molecule has 0 aliphatic heterocycles. The topological polar surface area (TPSA) is 0 Å². The zero-order valence-corrected chi connectivity index (χ0v) is 13.9. The average molecular weight is 399 g/mol. The Morgan fingerprint density at radius 2 is 1.93 bits per heavy atom. The predicted molar refractivity (Wildman–Crippen MR) is 57.0 cm³/mol. The average Bonchev–Trinajstić information content (AvgIpc) is 2.32. The standard InChI is InChI=1S/C10H18B.CH3.V.W/c1-3-5-9-7-10(11)6-8(9)4-2;;;/h6,8-10H,3-5,7H2,1-2H3;1H3;;/q2*-1;;/t8?,9-,10-;;;/m0.../s1. The Bertz CT molecular complexity index is 122. The molecule has 1 fully saturated rings. The molecular weight excluding hydrogens is 378 g/mol. The SMILES string of the molecule is [B][C@H]1[CH-]C(CC)[C@@H](CCC)C1.[CH3-].[V].[W]. The van der Waals surface area contributed by atoms with E-state index in [4.69, 9.17) is 7.85 Å². The Hall–Kier alpha value is 1.34. The van der Waals surface area contributed by atoms with Crippen LogP contribution in [0.15, 0.2) is 0 Å². The number of hydrogen-bond donors (Lipinski definition) is 0. The molecule has 0 amide bonds. The molecule has 0 aromatic heterocycles. The third-order valence-corrected chi connectivity index (χ3v) is 2.81. The van der Waals surface area contributed by atoms with E-state index in [0.29, 0.717) is 5.82 Å². The van der Waals surface area contributed by atoms with Crippen molar-refractivity contribution in [3.05, 3.63) is 13.8 Å². The summed E-state index contributed by atoms with van der Waals surface area (Å²) >= 11 is 0. The van der Waals surface area contributed by atoms with Crippen molar-refractivity contribution in [2.75, 3.05) is 0 Å². The summed E-state index contributed by atoms with van der Waals surface area (Å²) in [5.41, 5.74) is 0. The molecule has 0 N–H and O–H groups in total. The minimum absolute atomic E-state index is 0. The Morgan fingerprint density at radius 3 is 2.36 bits per heavy atom. The minimum atomic E-state index is 0. The second-order valence-corrected chi connectivity index (χ2v) is 3.71. The van der Waals surface area contributed by atoms with Crippen molar-refractivity contribution in [2.24, 2.45) is 11.8 Å². The first kappa shape index (κ1) is 20.7. The Balaban J connectivity index is -0.000000403. The molecule has 0 saturated heterocycles. The molecule has 14 heavy (non-hydrogen) atoms. The van der Waals surface area contributed by atoms with Crippen LogP contribution < -0.4 is 0 Å². The van der Waals surface area contributed by atoms with Crippen LogP contribution in [0.1, 0.15) is 39.5 Å². The third-order valence-electron chi connectivity index (χ3n) is 2.81. The van der Waals surface area contributed by atoms with Gasteiger partial charge in [0, 0.05) is 47.5 Å². The quantitative estimate of drug-likeness (QED) is 0.504. The number of hydrogen-bond acceptors (Lipinski definition) is 0. The molecule has 1 rings (SSSR count). The van der Waals surface area contributed by atoms with Crippen LogP contribution in [0.2, 0.25) is 5.82 Å². The zero-order chi connectivity index (χ0) is 8.27. The summed E-state index contributed by atoms with van der Waals surface area (Å²) in [6.45, 7) is 4.53. The van der Waals surface area contributed by atoms with Crippen LogP contribution in [0.25, 0.3) is 0 Å². The molecular formula is C11H21BVW-2. The van der Waals surface area contributed by atoms with Crippen LogP contribution in [0.4, 0.5) is 0 Å². The van der Waals surface area contributed by atoms with E-state index in [2.05, 4.69) is 20.3 Å². The van der Waals surface area contributed by atoms with Crippen LogP contribution >= 0.6 is 0 Å². The third kappa shape index (κ3) is 6.04. The normalized spacial score (nSPS) is 29.7. The van der Waals surface area contributed by atoms with Gasteiger partial charge in [-0.1, -0.05) is 45.4 Å². The van der Waals surface area contributed by atoms with Gasteiger partial charge in [0.2, 0.25) is 0 Å². The Kier molecular flexibility index (Phi) is 16.0. The van der Waals surface area contributed by atoms with Gasteiger partial charge in [-0.3, -0.25) is 0 Å². The first-order valence-electron chi connectivity index (χ1n) is 4.88. The summed E-state index contributed by atoms with van der Waals surface area (Å²) in [7, 11) is 5.87. The van der Waals surface area contributed by atoms with Gasteiger partial charge in [0.25, 0.3) is 0 Å². The maximum Gasteiger partial charge on any atom is 0.0314 e. The van der Waals surface area contributed by atoms with Crippen LogP contribution in [-0.4, -0.2) is 7.85 Å². The number of rotatable bonds is 3. The summed E-state index contributed by atoms with van der Waals surface area (Å²) in [5.74, 6) is 2.08. The first-order chi connectivity index (χ1) is 5.27. The smallest absolute Gasteiger partial charge is 0.0314 e. The molecule has 3 atom stereocenters. The molecule has 3 radical (unpaired) electrons. The maximum atomic E-state index is 5.87. The van der Waals surface area contributed by atoms with Gasteiger partial charge in [-0.05, 0) is 0 Å². The fourth-order valence-electron chi connectivity index (χ4n) is 2.25. The molecule has 0 heterocycles. The molecule has 1 aliphatic rings. The van der Waals surface area contributed by atoms with E-state index in [9.17, 15) is 0 Å². The molecule has 1 saturated carbocycles. The van der Waals surface area contributed by atoms with Gasteiger partial charge in [-0.2, -0.15) is 5.92 Å². The summed E-state index contributed by atoms with van der Waals surface area (Å²) in [4.78, 5) is 0. The molecule has 0 bridgehead atoms. The van der Waals surface area contributed by atoms with E-state index in [-0.39, 0.29) is 47.0 Å². The second-order valence-electron chi connectivity index (χ2n) is 3.71. The fourth-order valence-corrected chi connectivity index (χ4v) is 2.25. The van der Waals surface area contributed by atoms with Gasteiger partial charge in [-0.15, -0.1) is 0 Å². The minimum Gasteiger partial charge on any atom is -0.358 e. The van der Waals surface area contributed by atoms with Crippen LogP contribution in [0.3, 0.4) is 0 Å². The summed E-state index contributed by atoms with van der Waals surface area (Å²) in [6.07, 6.45) is 7.52. The van der Waals surface area contributed by atoms with Crippen molar-refractivity contribution in [1.29, 1.82) is 0 Å². The van der Waals surface area contributed by atoms with E-state index in [1.54, 1.807) is 0 Å².